The van der Waals surface area contributed by atoms with E-state index in [2.05, 4.69) is 10.4 Å². The Labute approximate surface area is 134 Å². The Morgan fingerprint density at radius 3 is 2.65 bits per heavy atom. The molecule has 0 radical (unpaired) electrons. The van der Waals surface area contributed by atoms with E-state index in [-0.39, 0.29) is 12.1 Å². The average Bonchev–Trinajstić information content (AvgIpc) is 3.07. The molecule has 128 valence electrons. The third-order valence-corrected chi connectivity index (χ3v) is 4.19. The number of anilines is 1. The maximum absolute atomic E-state index is 10.9. The van der Waals surface area contributed by atoms with Crippen LogP contribution in [-0.2, 0) is 9.47 Å². The molecule has 0 bridgehead atoms. The first kappa shape index (κ1) is 16.1. The molecule has 1 aromatic rings. The second-order valence-electron chi connectivity index (χ2n) is 6.26. The van der Waals surface area contributed by atoms with Gasteiger partial charge in [0.05, 0.1) is 31.6 Å². The normalized spacial score (nSPS) is 21.0. The predicted octanol–water partition coefficient (Wildman–Crippen LogP) is 2.62. The van der Waals surface area contributed by atoms with Gasteiger partial charge in [-0.1, -0.05) is 0 Å². The quantitative estimate of drug-likeness (QED) is 0.883. The molecule has 23 heavy (non-hydrogen) atoms. The summed E-state index contributed by atoms with van der Waals surface area (Å²) in [4.78, 5) is 10.9. The van der Waals surface area contributed by atoms with E-state index in [0.29, 0.717) is 24.8 Å². The first-order valence-corrected chi connectivity index (χ1v) is 8.01. The van der Waals surface area contributed by atoms with Gasteiger partial charge >= 0.3 is 6.09 Å². The highest BCUT2D eigenvalue weighted by molar-refractivity contribution is 5.84. The van der Waals surface area contributed by atoms with Crippen molar-refractivity contribution in [1.29, 1.82) is 0 Å². The van der Waals surface area contributed by atoms with Crippen LogP contribution >= 0.6 is 0 Å². The van der Waals surface area contributed by atoms with Crippen molar-refractivity contribution in [3.63, 3.8) is 0 Å². The maximum atomic E-state index is 10.9. The highest BCUT2D eigenvalue weighted by Crippen LogP contribution is 2.41. The van der Waals surface area contributed by atoms with Crippen LogP contribution in [0.4, 0.5) is 10.5 Å². The van der Waals surface area contributed by atoms with Crippen LogP contribution in [0.5, 0.6) is 5.88 Å². The molecule has 1 aliphatic heterocycles. The van der Waals surface area contributed by atoms with Crippen molar-refractivity contribution in [1.82, 2.24) is 9.78 Å². The number of amides is 1. The molecule has 8 nitrogen and oxygen atoms in total. The van der Waals surface area contributed by atoms with Gasteiger partial charge in [-0.05, 0) is 26.7 Å². The van der Waals surface area contributed by atoms with Crippen LogP contribution < -0.4 is 10.1 Å². The molecular formula is C15H23N3O5. The first-order valence-electron chi connectivity index (χ1n) is 8.01. The summed E-state index contributed by atoms with van der Waals surface area (Å²) >= 11 is 0. The molecule has 2 heterocycles. The Morgan fingerprint density at radius 2 is 2.09 bits per heavy atom. The molecule has 8 heteroatoms. The minimum atomic E-state index is -1.13. The lowest BCUT2D eigenvalue weighted by atomic mass is 9.90. The number of nitrogens with one attached hydrogen (secondary N) is 1. The molecule has 1 saturated carbocycles. The van der Waals surface area contributed by atoms with E-state index in [1.807, 2.05) is 13.8 Å². The van der Waals surface area contributed by atoms with Crippen LogP contribution in [-0.4, -0.2) is 46.1 Å². The molecule has 0 aromatic carbocycles. The van der Waals surface area contributed by atoms with Crippen molar-refractivity contribution in [2.45, 2.75) is 57.5 Å². The van der Waals surface area contributed by atoms with Crippen molar-refractivity contribution in [3.05, 3.63) is 6.20 Å². The van der Waals surface area contributed by atoms with Crippen LogP contribution in [0, 0.1) is 0 Å². The van der Waals surface area contributed by atoms with Crippen LogP contribution in [0.25, 0.3) is 0 Å². The fourth-order valence-corrected chi connectivity index (χ4v) is 3.17. The maximum Gasteiger partial charge on any atom is 0.409 e. The number of carboxylic acid groups (broad SMARTS) is 1. The van der Waals surface area contributed by atoms with Crippen molar-refractivity contribution < 1.29 is 24.1 Å². The zero-order valence-electron chi connectivity index (χ0n) is 13.4. The minimum absolute atomic E-state index is 0.0809. The van der Waals surface area contributed by atoms with Gasteiger partial charge in [0, 0.05) is 12.8 Å². The zero-order valence-corrected chi connectivity index (χ0v) is 13.4. The van der Waals surface area contributed by atoms with E-state index in [1.54, 1.807) is 10.9 Å². The number of nitrogens with zero attached hydrogens (tertiary/aromatic N) is 2. The molecule has 0 unspecified atom stereocenters. The zero-order chi connectivity index (χ0) is 16.4. The Kier molecular flexibility index (Phi) is 4.45. The molecule has 1 amide bonds. The average molecular weight is 325 g/mol. The molecule has 2 fully saturated rings. The van der Waals surface area contributed by atoms with Gasteiger partial charge < -0.3 is 19.3 Å². The van der Waals surface area contributed by atoms with Gasteiger partial charge in [-0.25, -0.2) is 4.79 Å². The second-order valence-corrected chi connectivity index (χ2v) is 6.26. The van der Waals surface area contributed by atoms with Crippen LogP contribution in [0.3, 0.4) is 0 Å². The molecule has 1 spiro atoms. The van der Waals surface area contributed by atoms with Gasteiger partial charge in [-0.3, -0.25) is 10.00 Å². The highest BCUT2D eigenvalue weighted by atomic mass is 16.7. The summed E-state index contributed by atoms with van der Waals surface area (Å²) in [5, 5.41) is 15.7. The Morgan fingerprint density at radius 1 is 1.43 bits per heavy atom. The monoisotopic (exact) mass is 325 g/mol. The fourth-order valence-electron chi connectivity index (χ4n) is 3.17. The van der Waals surface area contributed by atoms with Crippen molar-refractivity contribution in [3.8, 4) is 5.88 Å². The molecule has 1 aromatic heterocycles. The van der Waals surface area contributed by atoms with Gasteiger partial charge in [0.2, 0.25) is 0 Å². The molecule has 1 aliphatic carbocycles. The molecule has 3 rings (SSSR count). The summed E-state index contributed by atoms with van der Waals surface area (Å²) in [5.74, 6) is -0.0978. The Bertz CT molecular complexity index is 555. The lowest BCUT2D eigenvalue weighted by Gasteiger charge is -2.35. The standard InChI is InChI=1S/C15H23N3O5/c1-10(2)23-13-12(16-14(19)20)9-18(17-13)11-3-5-15(6-4-11)21-7-8-22-15/h9-11,16H,3-8H2,1-2H3,(H,19,20). The predicted molar refractivity (Wildman–Crippen MR) is 81.8 cm³/mol. The largest absolute Gasteiger partial charge is 0.472 e. The minimum Gasteiger partial charge on any atom is -0.472 e. The van der Waals surface area contributed by atoms with E-state index >= 15 is 0 Å². The number of hydrogen-bond acceptors (Lipinski definition) is 5. The van der Waals surface area contributed by atoms with E-state index in [1.165, 1.54) is 0 Å². The Hall–Kier alpha value is -1.80. The lowest BCUT2D eigenvalue weighted by molar-refractivity contribution is -0.181. The topological polar surface area (TPSA) is 94.8 Å². The summed E-state index contributed by atoms with van der Waals surface area (Å²) in [7, 11) is 0. The van der Waals surface area contributed by atoms with Gasteiger partial charge in [-0.15, -0.1) is 5.10 Å². The number of carbonyl (C=O) groups is 1. The number of ether oxygens (including phenoxy) is 3. The van der Waals surface area contributed by atoms with Crippen molar-refractivity contribution >= 4 is 11.8 Å². The van der Waals surface area contributed by atoms with Gasteiger partial charge in [-0.2, -0.15) is 0 Å². The van der Waals surface area contributed by atoms with Crippen molar-refractivity contribution in [2.75, 3.05) is 18.5 Å². The van der Waals surface area contributed by atoms with Crippen LogP contribution in [0.15, 0.2) is 6.20 Å². The summed E-state index contributed by atoms with van der Waals surface area (Å²) in [6.07, 6.45) is 3.87. The fraction of sp³-hybridized carbons (Fsp3) is 0.733. The summed E-state index contributed by atoms with van der Waals surface area (Å²) in [6.45, 7) is 5.07. The van der Waals surface area contributed by atoms with Crippen LogP contribution in [0.1, 0.15) is 45.6 Å². The Balaban J connectivity index is 1.72. The number of rotatable bonds is 4. The third kappa shape index (κ3) is 3.59. The van der Waals surface area contributed by atoms with Gasteiger partial charge in [0.15, 0.2) is 5.79 Å². The van der Waals surface area contributed by atoms with Crippen LogP contribution in [0.2, 0.25) is 0 Å². The molecular weight excluding hydrogens is 302 g/mol. The first-order chi connectivity index (χ1) is 11.0. The van der Waals surface area contributed by atoms with E-state index in [4.69, 9.17) is 19.3 Å². The van der Waals surface area contributed by atoms with Crippen molar-refractivity contribution in [2.24, 2.45) is 0 Å². The highest BCUT2D eigenvalue weighted by Gasteiger charge is 2.41. The molecule has 1 saturated heterocycles. The summed E-state index contributed by atoms with van der Waals surface area (Å²) in [6, 6.07) is 0.187. The van der Waals surface area contributed by atoms with Gasteiger partial charge in [0.25, 0.3) is 5.88 Å². The summed E-state index contributed by atoms with van der Waals surface area (Å²) < 4.78 is 18.9. The summed E-state index contributed by atoms with van der Waals surface area (Å²) in [5.41, 5.74) is 0.375. The van der Waals surface area contributed by atoms with E-state index in [9.17, 15) is 4.79 Å². The SMILES string of the molecule is CC(C)Oc1nn(C2CCC3(CC2)OCCO3)cc1NC(=O)O. The molecule has 2 N–H and O–H groups in total. The van der Waals surface area contributed by atoms with E-state index < -0.39 is 11.9 Å². The van der Waals surface area contributed by atoms with Gasteiger partial charge in [0.1, 0.15) is 5.69 Å². The molecule has 0 atom stereocenters. The third-order valence-electron chi connectivity index (χ3n) is 4.19. The number of hydrogen-bond donors (Lipinski definition) is 2. The lowest BCUT2D eigenvalue weighted by Crippen LogP contribution is -2.35. The smallest absolute Gasteiger partial charge is 0.409 e. The molecule has 2 aliphatic rings. The number of aromatic nitrogens is 2. The second kappa shape index (κ2) is 6.37. The van der Waals surface area contributed by atoms with E-state index in [0.717, 1.165) is 25.7 Å².